The quantitative estimate of drug-likeness (QED) is 0.819. The van der Waals surface area contributed by atoms with Gasteiger partial charge in [-0.15, -0.1) is 0 Å². The molecule has 1 atom stereocenters. The smallest absolute Gasteiger partial charge is 0.125 e. The predicted molar refractivity (Wildman–Crippen MR) is 88.3 cm³/mol. The van der Waals surface area contributed by atoms with E-state index >= 15 is 0 Å². The van der Waals surface area contributed by atoms with Crippen molar-refractivity contribution in [2.45, 2.75) is 52.6 Å². The Kier molecular flexibility index (Phi) is 4.58. The number of hydrogen-bond acceptors (Lipinski definition) is 2. The van der Waals surface area contributed by atoms with Crippen LogP contribution in [0, 0.1) is 5.41 Å². The van der Waals surface area contributed by atoms with Crippen LogP contribution in [0.5, 0.6) is 0 Å². The summed E-state index contributed by atoms with van der Waals surface area (Å²) < 4.78 is 5.66. The lowest BCUT2D eigenvalue weighted by molar-refractivity contribution is 0.223. The molecule has 1 unspecified atom stereocenters. The molecule has 0 amide bonds. The second-order valence-electron chi connectivity index (χ2n) is 7.62. The maximum absolute atomic E-state index is 5.66. The summed E-state index contributed by atoms with van der Waals surface area (Å²) in [5.74, 6) is 0.961. The van der Waals surface area contributed by atoms with E-state index in [-0.39, 0.29) is 17.0 Å². The minimum atomic E-state index is 0.0194. The van der Waals surface area contributed by atoms with E-state index in [0.29, 0.717) is 0 Å². The van der Waals surface area contributed by atoms with Crippen molar-refractivity contribution in [1.82, 2.24) is 5.32 Å². The van der Waals surface area contributed by atoms with Crippen LogP contribution in [0.15, 0.2) is 53.1 Å². The van der Waals surface area contributed by atoms with Crippen molar-refractivity contribution < 1.29 is 4.42 Å². The summed E-state index contributed by atoms with van der Waals surface area (Å²) >= 11 is 0. The SMILES string of the molecule is CC(C)(C)CC(C)(C)NC(c1ccccc1)c1ccco1. The lowest BCUT2D eigenvalue weighted by Gasteiger charge is -2.36. The van der Waals surface area contributed by atoms with Gasteiger partial charge in [0.25, 0.3) is 0 Å². The van der Waals surface area contributed by atoms with Crippen LogP contribution in [0.2, 0.25) is 0 Å². The van der Waals surface area contributed by atoms with Crippen molar-refractivity contribution in [1.29, 1.82) is 0 Å². The van der Waals surface area contributed by atoms with E-state index in [9.17, 15) is 0 Å². The molecule has 2 aromatic rings. The van der Waals surface area contributed by atoms with E-state index in [1.54, 1.807) is 6.26 Å². The van der Waals surface area contributed by atoms with Crippen LogP contribution in [-0.4, -0.2) is 5.54 Å². The van der Waals surface area contributed by atoms with E-state index in [1.807, 2.05) is 18.2 Å². The molecule has 0 fully saturated rings. The molecule has 1 N–H and O–H groups in total. The maximum atomic E-state index is 5.66. The molecule has 2 rings (SSSR count). The molecule has 0 aliphatic rings. The Balaban J connectivity index is 2.26. The highest BCUT2D eigenvalue weighted by molar-refractivity contribution is 5.27. The number of benzene rings is 1. The van der Waals surface area contributed by atoms with Crippen LogP contribution in [-0.2, 0) is 0 Å². The molecule has 21 heavy (non-hydrogen) atoms. The zero-order valence-corrected chi connectivity index (χ0v) is 13.8. The average Bonchev–Trinajstić information content (AvgIpc) is 2.88. The van der Waals surface area contributed by atoms with Gasteiger partial charge in [0, 0.05) is 5.54 Å². The third-order valence-corrected chi connectivity index (χ3v) is 3.47. The fraction of sp³-hybridized carbons (Fsp3) is 0.474. The minimum Gasteiger partial charge on any atom is -0.467 e. The molecule has 1 heterocycles. The van der Waals surface area contributed by atoms with Crippen LogP contribution >= 0.6 is 0 Å². The summed E-state index contributed by atoms with van der Waals surface area (Å²) in [6.45, 7) is 11.4. The van der Waals surface area contributed by atoms with Gasteiger partial charge in [-0.05, 0) is 43.4 Å². The summed E-state index contributed by atoms with van der Waals surface area (Å²) in [6.07, 6.45) is 2.83. The Labute approximate surface area is 128 Å². The van der Waals surface area contributed by atoms with Gasteiger partial charge in [-0.3, -0.25) is 5.32 Å². The highest BCUT2D eigenvalue weighted by Gasteiger charge is 2.29. The van der Waals surface area contributed by atoms with Crippen molar-refractivity contribution in [2.24, 2.45) is 5.41 Å². The van der Waals surface area contributed by atoms with Crippen molar-refractivity contribution >= 4 is 0 Å². The summed E-state index contributed by atoms with van der Waals surface area (Å²) in [7, 11) is 0. The van der Waals surface area contributed by atoms with Crippen LogP contribution in [0.4, 0.5) is 0 Å². The molecule has 0 aliphatic carbocycles. The van der Waals surface area contributed by atoms with E-state index < -0.39 is 0 Å². The van der Waals surface area contributed by atoms with Gasteiger partial charge in [-0.25, -0.2) is 0 Å². The lowest BCUT2D eigenvalue weighted by atomic mass is 9.81. The van der Waals surface area contributed by atoms with E-state index in [4.69, 9.17) is 4.42 Å². The molecule has 0 radical (unpaired) electrons. The van der Waals surface area contributed by atoms with Gasteiger partial charge < -0.3 is 4.42 Å². The monoisotopic (exact) mass is 285 g/mol. The van der Waals surface area contributed by atoms with Crippen LogP contribution in [0.3, 0.4) is 0 Å². The lowest BCUT2D eigenvalue weighted by Crippen LogP contribution is -2.44. The second-order valence-corrected chi connectivity index (χ2v) is 7.62. The molecule has 0 aliphatic heterocycles. The van der Waals surface area contributed by atoms with Crippen LogP contribution < -0.4 is 5.32 Å². The van der Waals surface area contributed by atoms with Crippen LogP contribution in [0.1, 0.15) is 58.4 Å². The fourth-order valence-corrected chi connectivity index (χ4v) is 3.19. The first kappa shape index (κ1) is 15.8. The Morgan fingerprint density at radius 3 is 2.14 bits per heavy atom. The third kappa shape index (κ3) is 4.75. The Morgan fingerprint density at radius 1 is 0.952 bits per heavy atom. The first-order valence-electron chi connectivity index (χ1n) is 7.63. The normalized spacial score (nSPS) is 14.1. The first-order valence-corrected chi connectivity index (χ1v) is 7.63. The van der Waals surface area contributed by atoms with Gasteiger partial charge in [-0.1, -0.05) is 51.1 Å². The summed E-state index contributed by atoms with van der Waals surface area (Å²) in [5, 5.41) is 3.77. The van der Waals surface area contributed by atoms with E-state index in [1.165, 1.54) is 5.56 Å². The molecule has 0 bridgehead atoms. The van der Waals surface area contributed by atoms with Crippen molar-refractivity contribution in [2.75, 3.05) is 0 Å². The first-order chi connectivity index (χ1) is 9.77. The highest BCUT2D eigenvalue weighted by atomic mass is 16.3. The Bertz CT molecular complexity index is 535. The third-order valence-electron chi connectivity index (χ3n) is 3.47. The maximum Gasteiger partial charge on any atom is 0.125 e. The number of nitrogens with one attached hydrogen (secondary N) is 1. The van der Waals surface area contributed by atoms with Gasteiger partial charge in [0.2, 0.25) is 0 Å². The Morgan fingerprint density at radius 2 is 1.62 bits per heavy atom. The number of furan rings is 1. The summed E-state index contributed by atoms with van der Waals surface area (Å²) in [4.78, 5) is 0. The van der Waals surface area contributed by atoms with Crippen LogP contribution in [0.25, 0.3) is 0 Å². The van der Waals surface area contributed by atoms with Crippen molar-refractivity contribution in [3.63, 3.8) is 0 Å². The van der Waals surface area contributed by atoms with E-state index in [2.05, 4.69) is 64.2 Å². The van der Waals surface area contributed by atoms with Crippen molar-refractivity contribution in [3.8, 4) is 0 Å². The number of rotatable bonds is 5. The largest absolute Gasteiger partial charge is 0.467 e. The molecule has 0 spiro atoms. The van der Waals surface area contributed by atoms with Gasteiger partial charge in [-0.2, -0.15) is 0 Å². The second kappa shape index (κ2) is 6.07. The molecule has 2 heteroatoms. The average molecular weight is 285 g/mol. The molecule has 1 aromatic heterocycles. The Hall–Kier alpha value is -1.54. The standard InChI is InChI=1S/C19H27NO/c1-18(2,3)14-19(4,5)20-17(16-12-9-13-21-16)15-10-7-6-8-11-15/h6-13,17,20H,14H2,1-5H3. The number of hydrogen-bond donors (Lipinski definition) is 1. The zero-order valence-electron chi connectivity index (χ0n) is 13.8. The highest BCUT2D eigenvalue weighted by Crippen LogP contribution is 2.31. The van der Waals surface area contributed by atoms with Gasteiger partial charge in [0.1, 0.15) is 5.76 Å². The summed E-state index contributed by atoms with van der Waals surface area (Å²) in [5.41, 5.74) is 1.53. The predicted octanol–water partition coefficient (Wildman–Crippen LogP) is 5.17. The molecular formula is C19H27NO. The summed E-state index contributed by atoms with van der Waals surface area (Å²) in [6, 6.07) is 14.6. The van der Waals surface area contributed by atoms with E-state index in [0.717, 1.165) is 12.2 Å². The van der Waals surface area contributed by atoms with Gasteiger partial charge >= 0.3 is 0 Å². The molecule has 2 nitrogen and oxygen atoms in total. The van der Waals surface area contributed by atoms with Crippen molar-refractivity contribution in [3.05, 3.63) is 60.1 Å². The zero-order chi connectivity index (χ0) is 15.5. The molecule has 0 saturated heterocycles. The van der Waals surface area contributed by atoms with Gasteiger partial charge in [0.15, 0.2) is 0 Å². The topological polar surface area (TPSA) is 25.2 Å². The molecule has 1 aromatic carbocycles. The minimum absolute atomic E-state index is 0.0194. The van der Waals surface area contributed by atoms with Gasteiger partial charge in [0.05, 0.1) is 12.3 Å². The molecular weight excluding hydrogens is 258 g/mol. The fourth-order valence-electron chi connectivity index (χ4n) is 3.19. The molecule has 114 valence electrons. The molecule has 0 saturated carbocycles.